The predicted molar refractivity (Wildman–Crippen MR) is 63.8 cm³/mol. The van der Waals surface area contributed by atoms with Crippen molar-refractivity contribution in [2.75, 3.05) is 20.3 Å². The molecule has 17 heavy (non-hydrogen) atoms. The molecule has 1 aliphatic heterocycles. The van der Waals surface area contributed by atoms with Gasteiger partial charge in [0, 0.05) is 11.6 Å². The van der Waals surface area contributed by atoms with Gasteiger partial charge in [0.15, 0.2) is 11.5 Å². The molecule has 4 nitrogen and oxygen atoms in total. The van der Waals surface area contributed by atoms with Gasteiger partial charge in [-0.3, -0.25) is 0 Å². The molecule has 3 rings (SSSR count). The maximum absolute atomic E-state index is 6.15. The summed E-state index contributed by atoms with van der Waals surface area (Å²) in [5, 5.41) is 0. The van der Waals surface area contributed by atoms with Crippen LogP contribution in [0.4, 0.5) is 0 Å². The van der Waals surface area contributed by atoms with E-state index in [1.165, 1.54) is 0 Å². The molecule has 0 aromatic heterocycles. The highest BCUT2D eigenvalue weighted by atomic mass is 16.6. The first-order chi connectivity index (χ1) is 8.20. The summed E-state index contributed by atoms with van der Waals surface area (Å²) < 4.78 is 16.5. The van der Waals surface area contributed by atoms with Gasteiger partial charge < -0.3 is 19.9 Å². The van der Waals surface area contributed by atoms with E-state index >= 15 is 0 Å². The topological polar surface area (TPSA) is 53.7 Å². The molecule has 2 aliphatic rings. The monoisotopic (exact) mass is 235 g/mol. The maximum Gasteiger partial charge on any atom is 0.165 e. The molecule has 1 heterocycles. The summed E-state index contributed by atoms with van der Waals surface area (Å²) in [6, 6.07) is 3.90. The Morgan fingerprint density at radius 1 is 1.24 bits per heavy atom. The molecule has 0 amide bonds. The van der Waals surface area contributed by atoms with Crippen LogP contribution in [0.15, 0.2) is 12.1 Å². The Balaban J connectivity index is 1.94. The summed E-state index contributed by atoms with van der Waals surface area (Å²) in [5.41, 5.74) is 7.23. The van der Waals surface area contributed by atoms with Crippen molar-refractivity contribution in [1.29, 1.82) is 0 Å². The quantitative estimate of drug-likeness (QED) is 0.862. The van der Waals surface area contributed by atoms with Gasteiger partial charge in [-0.15, -0.1) is 0 Å². The zero-order valence-corrected chi connectivity index (χ0v) is 9.99. The summed E-state index contributed by atoms with van der Waals surface area (Å²) in [6.45, 7) is 1.20. The molecule has 0 radical (unpaired) electrons. The van der Waals surface area contributed by atoms with Crippen molar-refractivity contribution in [1.82, 2.24) is 0 Å². The second-order valence-electron chi connectivity index (χ2n) is 4.85. The smallest absolute Gasteiger partial charge is 0.165 e. The SMILES string of the molecule is COc1cc2c(cc1CC1(N)CC1)OCCO2. The van der Waals surface area contributed by atoms with Crippen LogP contribution in [0.2, 0.25) is 0 Å². The van der Waals surface area contributed by atoms with Crippen LogP contribution in [0.1, 0.15) is 18.4 Å². The number of benzene rings is 1. The molecule has 1 aromatic rings. The fraction of sp³-hybridized carbons (Fsp3) is 0.538. The van der Waals surface area contributed by atoms with Crippen molar-refractivity contribution >= 4 is 0 Å². The molecule has 4 heteroatoms. The fourth-order valence-corrected chi connectivity index (χ4v) is 2.16. The van der Waals surface area contributed by atoms with E-state index in [1.807, 2.05) is 12.1 Å². The lowest BCUT2D eigenvalue weighted by Crippen LogP contribution is -2.25. The Hall–Kier alpha value is -1.42. The number of methoxy groups -OCH3 is 1. The molecule has 0 unspecified atom stereocenters. The lowest BCUT2D eigenvalue weighted by molar-refractivity contribution is 0.170. The van der Waals surface area contributed by atoms with Gasteiger partial charge in [-0.05, 0) is 30.9 Å². The lowest BCUT2D eigenvalue weighted by Gasteiger charge is -2.21. The average molecular weight is 235 g/mol. The minimum atomic E-state index is -0.0307. The molecule has 0 bridgehead atoms. The van der Waals surface area contributed by atoms with Gasteiger partial charge in [0.25, 0.3) is 0 Å². The molecule has 1 fully saturated rings. The minimum Gasteiger partial charge on any atom is -0.496 e. The fourth-order valence-electron chi connectivity index (χ4n) is 2.16. The van der Waals surface area contributed by atoms with Gasteiger partial charge in [-0.1, -0.05) is 0 Å². The third-order valence-corrected chi connectivity index (χ3v) is 3.38. The van der Waals surface area contributed by atoms with Crippen molar-refractivity contribution in [3.8, 4) is 17.2 Å². The van der Waals surface area contributed by atoms with Crippen LogP contribution < -0.4 is 19.9 Å². The highest BCUT2D eigenvalue weighted by Gasteiger charge is 2.39. The minimum absolute atomic E-state index is 0.0307. The van der Waals surface area contributed by atoms with E-state index in [4.69, 9.17) is 19.9 Å². The molecular formula is C13H17NO3. The van der Waals surface area contributed by atoms with Crippen molar-refractivity contribution < 1.29 is 14.2 Å². The van der Waals surface area contributed by atoms with Crippen molar-refractivity contribution in [2.24, 2.45) is 5.73 Å². The highest BCUT2D eigenvalue weighted by molar-refractivity contribution is 5.52. The first kappa shape index (κ1) is 10.7. The number of hydrogen-bond donors (Lipinski definition) is 1. The van der Waals surface area contributed by atoms with Crippen LogP contribution in [-0.2, 0) is 6.42 Å². The van der Waals surface area contributed by atoms with E-state index in [9.17, 15) is 0 Å². The summed E-state index contributed by atoms with van der Waals surface area (Å²) in [4.78, 5) is 0. The molecule has 0 atom stereocenters. The normalized spacial score (nSPS) is 19.9. The third kappa shape index (κ3) is 2.05. The van der Waals surface area contributed by atoms with E-state index in [0.717, 1.165) is 42.1 Å². The average Bonchev–Trinajstić information content (AvgIpc) is 3.06. The molecule has 2 N–H and O–H groups in total. The number of ether oxygens (including phenoxy) is 3. The second kappa shape index (κ2) is 3.81. The van der Waals surface area contributed by atoms with Crippen molar-refractivity contribution in [2.45, 2.75) is 24.8 Å². The van der Waals surface area contributed by atoms with E-state index in [-0.39, 0.29) is 5.54 Å². The Labute approximate surface area is 101 Å². The molecule has 92 valence electrons. The van der Waals surface area contributed by atoms with Gasteiger partial charge >= 0.3 is 0 Å². The van der Waals surface area contributed by atoms with Gasteiger partial charge in [0.1, 0.15) is 19.0 Å². The summed E-state index contributed by atoms with van der Waals surface area (Å²) in [5.74, 6) is 2.40. The first-order valence-corrected chi connectivity index (χ1v) is 5.96. The van der Waals surface area contributed by atoms with Crippen LogP contribution in [0.5, 0.6) is 17.2 Å². The number of nitrogens with two attached hydrogens (primary N) is 1. The maximum atomic E-state index is 6.15. The Bertz CT molecular complexity index is 441. The molecule has 1 aliphatic carbocycles. The van der Waals surface area contributed by atoms with Gasteiger partial charge in [-0.2, -0.15) is 0 Å². The Morgan fingerprint density at radius 3 is 2.47 bits per heavy atom. The van der Waals surface area contributed by atoms with E-state index in [0.29, 0.717) is 13.2 Å². The van der Waals surface area contributed by atoms with Crippen LogP contribution in [0.3, 0.4) is 0 Å². The molecule has 1 saturated carbocycles. The van der Waals surface area contributed by atoms with Crippen molar-refractivity contribution in [3.63, 3.8) is 0 Å². The zero-order chi connectivity index (χ0) is 11.9. The number of fused-ring (bicyclic) bond motifs is 1. The van der Waals surface area contributed by atoms with E-state index in [2.05, 4.69) is 0 Å². The third-order valence-electron chi connectivity index (χ3n) is 3.38. The predicted octanol–water partition coefficient (Wildman–Crippen LogP) is 1.50. The van der Waals surface area contributed by atoms with Gasteiger partial charge in [0.05, 0.1) is 7.11 Å². The first-order valence-electron chi connectivity index (χ1n) is 5.96. The Kier molecular flexibility index (Phi) is 2.40. The van der Waals surface area contributed by atoms with Crippen LogP contribution >= 0.6 is 0 Å². The second-order valence-corrected chi connectivity index (χ2v) is 4.85. The number of rotatable bonds is 3. The van der Waals surface area contributed by atoms with Gasteiger partial charge in [-0.25, -0.2) is 0 Å². The molecular weight excluding hydrogens is 218 g/mol. The van der Waals surface area contributed by atoms with E-state index in [1.54, 1.807) is 7.11 Å². The standard InChI is InChI=1S/C13H17NO3/c1-15-10-7-12-11(16-4-5-17-12)6-9(10)8-13(14)2-3-13/h6-7H,2-5,8,14H2,1H3. The lowest BCUT2D eigenvalue weighted by atomic mass is 10.0. The van der Waals surface area contributed by atoms with Crippen LogP contribution in [0, 0.1) is 0 Å². The summed E-state index contributed by atoms with van der Waals surface area (Å²) in [6.07, 6.45) is 3.02. The molecule has 0 saturated heterocycles. The Morgan fingerprint density at radius 2 is 1.88 bits per heavy atom. The van der Waals surface area contributed by atoms with E-state index < -0.39 is 0 Å². The zero-order valence-electron chi connectivity index (χ0n) is 9.99. The van der Waals surface area contributed by atoms with Crippen molar-refractivity contribution in [3.05, 3.63) is 17.7 Å². The molecule has 1 aromatic carbocycles. The summed E-state index contributed by atoms with van der Waals surface area (Å²) >= 11 is 0. The number of hydrogen-bond acceptors (Lipinski definition) is 4. The van der Waals surface area contributed by atoms with Crippen LogP contribution in [0.25, 0.3) is 0 Å². The summed E-state index contributed by atoms with van der Waals surface area (Å²) in [7, 11) is 1.67. The highest BCUT2D eigenvalue weighted by Crippen LogP contribution is 2.42. The largest absolute Gasteiger partial charge is 0.496 e. The van der Waals surface area contributed by atoms with Crippen LogP contribution in [-0.4, -0.2) is 25.9 Å². The molecule has 0 spiro atoms. The van der Waals surface area contributed by atoms with Gasteiger partial charge in [0.2, 0.25) is 0 Å².